The van der Waals surface area contributed by atoms with E-state index < -0.39 is 0 Å². The summed E-state index contributed by atoms with van der Waals surface area (Å²) in [5.41, 5.74) is 3.19. The Morgan fingerprint density at radius 1 is 1.65 bits per heavy atom. The first-order valence-corrected chi connectivity index (χ1v) is 5.95. The van der Waals surface area contributed by atoms with Crippen LogP contribution in [0.15, 0.2) is 30.9 Å². The summed E-state index contributed by atoms with van der Waals surface area (Å²) in [5, 5.41) is 6.40. The minimum atomic E-state index is 0.134. The molecule has 0 amide bonds. The van der Waals surface area contributed by atoms with E-state index in [1.54, 1.807) is 6.08 Å². The number of rotatable bonds is 5. The van der Waals surface area contributed by atoms with Crippen molar-refractivity contribution < 1.29 is 4.79 Å². The average Bonchev–Trinajstić information content (AvgIpc) is 2.68. The fraction of sp³-hybridized carbons (Fsp3) is 0.357. The molecule has 2 N–H and O–H groups in total. The lowest BCUT2D eigenvalue weighted by Crippen LogP contribution is -2.22. The first-order valence-electron chi connectivity index (χ1n) is 5.95. The lowest BCUT2D eigenvalue weighted by Gasteiger charge is -2.04. The normalized spacial score (nSPS) is 17.4. The van der Waals surface area contributed by atoms with Crippen molar-refractivity contribution in [1.82, 2.24) is 5.32 Å². The highest BCUT2D eigenvalue weighted by atomic mass is 16.1. The molecule has 1 aliphatic heterocycles. The molecule has 1 heterocycles. The van der Waals surface area contributed by atoms with Crippen LogP contribution in [0.1, 0.15) is 22.8 Å². The number of anilines is 1. The topological polar surface area (TPSA) is 41.1 Å². The average molecular weight is 230 g/mol. The van der Waals surface area contributed by atoms with Gasteiger partial charge in [-0.3, -0.25) is 4.79 Å². The molecule has 1 aromatic rings. The second kappa shape index (κ2) is 5.15. The monoisotopic (exact) mass is 230 g/mol. The first-order chi connectivity index (χ1) is 8.20. The molecule has 1 atom stereocenters. The summed E-state index contributed by atoms with van der Waals surface area (Å²) in [6.45, 7) is 6.78. The molecule has 0 radical (unpaired) electrons. The molecule has 1 aromatic carbocycles. The fourth-order valence-electron chi connectivity index (χ4n) is 2.11. The predicted octanol–water partition coefficient (Wildman–Crippen LogP) is 2.00. The van der Waals surface area contributed by atoms with Crippen molar-refractivity contribution in [3.8, 4) is 0 Å². The van der Waals surface area contributed by atoms with Gasteiger partial charge in [0.05, 0.1) is 6.54 Å². The Hall–Kier alpha value is -1.61. The van der Waals surface area contributed by atoms with Crippen molar-refractivity contribution in [2.75, 3.05) is 18.4 Å². The van der Waals surface area contributed by atoms with Gasteiger partial charge in [-0.1, -0.05) is 6.08 Å². The number of hydrogen-bond acceptors (Lipinski definition) is 3. The summed E-state index contributed by atoms with van der Waals surface area (Å²) in [7, 11) is 0. The zero-order valence-electron chi connectivity index (χ0n) is 10.1. The van der Waals surface area contributed by atoms with Crippen molar-refractivity contribution in [2.45, 2.75) is 19.4 Å². The van der Waals surface area contributed by atoms with Crippen molar-refractivity contribution in [3.63, 3.8) is 0 Å². The number of nitrogens with one attached hydrogen (secondary N) is 2. The van der Waals surface area contributed by atoms with E-state index in [0.717, 1.165) is 17.7 Å². The maximum Gasteiger partial charge on any atom is 0.176 e. The third kappa shape index (κ3) is 2.74. The Morgan fingerprint density at radius 2 is 2.47 bits per heavy atom. The van der Waals surface area contributed by atoms with E-state index in [-0.39, 0.29) is 5.78 Å². The number of fused-ring (bicyclic) bond motifs is 1. The van der Waals surface area contributed by atoms with Crippen molar-refractivity contribution in [3.05, 3.63) is 42.0 Å². The lowest BCUT2D eigenvalue weighted by molar-refractivity contribution is 0.0992. The Bertz CT molecular complexity index is 440. The van der Waals surface area contributed by atoms with Gasteiger partial charge >= 0.3 is 0 Å². The maximum absolute atomic E-state index is 11.9. The number of benzene rings is 1. The summed E-state index contributed by atoms with van der Waals surface area (Å²) in [4.78, 5) is 11.9. The number of carbonyl (C=O) groups excluding carboxylic acids is 1. The second-order valence-corrected chi connectivity index (χ2v) is 4.46. The van der Waals surface area contributed by atoms with Gasteiger partial charge in [0.15, 0.2) is 5.78 Å². The highest BCUT2D eigenvalue weighted by Crippen LogP contribution is 2.26. The molecule has 1 aliphatic rings. The van der Waals surface area contributed by atoms with Gasteiger partial charge < -0.3 is 10.6 Å². The highest BCUT2D eigenvalue weighted by molar-refractivity contribution is 5.98. The third-order valence-electron chi connectivity index (χ3n) is 2.93. The SMILES string of the molecule is C=CCNCC(=O)c1ccc2c(c1)CC(C)N2. The van der Waals surface area contributed by atoms with Crippen LogP contribution in [0.2, 0.25) is 0 Å². The van der Waals surface area contributed by atoms with Crippen LogP contribution in [0.25, 0.3) is 0 Å². The van der Waals surface area contributed by atoms with Crippen molar-refractivity contribution in [2.24, 2.45) is 0 Å². The van der Waals surface area contributed by atoms with Crippen LogP contribution in [0.5, 0.6) is 0 Å². The van der Waals surface area contributed by atoms with E-state index in [1.165, 1.54) is 5.56 Å². The number of Topliss-reactive ketones (excluding diaryl/α,β-unsaturated/α-hetero) is 1. The van der Waals surface area contributed by atoms with E-state index >= 15 is 0 Å². The van der Waals surface area contributed by atoms with E-state index in [4.69, 9.17) is 0 Å². The highest BCUT2D eigenvalue weighted by Gasteiger charge is 2.17. The summed E-state index contributed by atoms with van der Waals surface area (Å²) < 4.78 is 0. The summed E-state index contributed by atoms with van der Waals surface area (Å²) in [5.74, 6) is 0.134. The smallest absolute Gasteiger partial charge is 0.176 e. The molecule has 0 bridgehead atoms. The van der Waals surface area contributed by atoms with Gasteiger partial charge in [0.25, 0.3) is 0 Å². The van der Waals surface area contributed by atoms with Crippen LogP contribution < -0.4 is 10.6 Å². The van der Waals surface area contributed by atoms with Crippen LogP contribution in [0.4, 0.5) is 5.69 Å². The fourth-order valence-corrected chi connectivity index (χ4v) is 2.11. The van der Waals surface area contributed by atoms with E-state index in [1.807, 2.05) is 18.2 Å². The molecule has 2 rings (SSSR count). The predicted molar refractivity (Wildman–Crippen MR) is 70.6 cm³/mol. The zero-order valence-corrected chi connectivity index (χ0v) is 10.1. The summed E-state index contributed by atoms with van der Waals surface area (Å²) in [6.07, 6.45) is 2.75. The lowest BCUT2D eigenvalue weighted by atomic mass is 10.0. The minimum Gasteiger partial charge on any atom is -0.382 e. The quantitative estimate of drug-likeness (QED) is 0.462. The van der Waals surface area contributed by atoms with Gasteiger partial charge in [-0.05, 0) is 37.1 Å². The molecule has 3 heteroatoms. The molecule has 0 aliphatic carbocycles. The third-order valence-corrected chi connectivity index (χ3v) is 2.93. The molecule has 0 fully saturated rings. The van der Waals surface area contributed by atoms with E-state index in [2.05, 4.69) is 24.1 Å². The Kier molecular flexibility index (Phi) is 3.59. The zero-order chi connectivity index (χ0) is 12.3. The molecular weight excluding hydrogens is 212 g/mol. The van der Waals surface area contributed by atoms with Crippen LogP contribution in [-0.4, -0.2) is 24.9 Å². The molecule has 90 valence electrons. The van der Waals surface area contributed by atoms with Gasteiger partial charge in [0.2, 0.25) is 0 Å². The van der Waals surface area contributed by atoms with Gasteiger partial charge in [0.1, 0.15) is 0 Å². The van der Waals surface area contributed by atoms with Crippen LogP contribution in [0, 0.1) is 0 Å². The van der Waals surface area contributed by atoms with Crippen LogP contribution in [0.3, 0.4) is 0 Å². The van der Waals surface area contributed by atoms with Crippen LogP contribution in [-0.2, 0) is 6.42 Å². The van der Waals surface area contributed by atoms with Gasteiger partial charge in [-0.2, -0.15) is 0 Å². The van der Waals surface area contributed by atoms with Gasteiger partial charge in [0, 0.05) is 23.8 Å². The Morgan fingerprint density at radius 3 is 3.24 bits per heavy atom. The first kappa shape index (κ1) is 11.9. The van der Waals surface area contributed by atoms with Crippen molar-refractivity contribution >= 4 is 11.5 Å². The number of ketones is 1. The molecule has 1 unspecified atom stereocenters. The molecule has 0 spiro atoms. The molecule has 17 heavy (non-hydrogen) atoms. The number of hydrogen-bond donors (Lipinski definition) is 2. The maximum atomic E-state index is 11.9. The van der Waals surface area contributed by atoms with E-state index in [9.17, 15) is 4.79 Å². The molecule has 0 saturated carbocycles. The standard InChI is InChI=1S/C14H18N2O/c1-3-6-15-9-14(17)11-4-5-13-12(8-11)7-10(2)16-13/h3-5,8,10,15-16H,1,6-7,9H2,2H3. The summed E-state index contributed by atoms with van der Waals surface area (Å²) in [6, 6.07) is 6.36. The molecule has 0 aromatic heterocycles. The molecule has 3 nitrogen and oxygen atoms in total. The second-order valence-electron chi connectivity index (χ2n) is 4.46. The molecular formula is C14H18N2O. The van der Waals surface area contributed by atoms with Crippen molar-refractivity contribution in [1.29, 1.82) is 0 Å². The van der Waals surface area contributed by atoms with E-state index in [0.29, 0.717) is 19.1 Å². The largest absolute Gasteiger partial charge is 0.382 e. The van der Waals surface area contributed by atoms with Crippen LogP contribution >= 0.6 is 0 Å². The number of carbonyl (C=O) groups is 1. The van der Waals surface area contributed by atoms with Gasteiger partial charge in [-0.25, -0.2) is 0 Å². The minimum absolute atomic E-state index is 0.134. The molecule has 0 saturated heterocycles. The Balaban J connectivity index is 2.05. The Labute approximate surface area is 102 Å². The summed E-state index contributed by atoms with van der Waals surface area (Å²) >= 11 is 0. The van der Waals surface area contributed by atoms with Gasteiger partial charge in [-0.15, -0.1) is 6.58 Å².